The normalized spacial score (nSPS) is 11.5. The number of hydrogen-bond donors (Lipinski definition) is 1. The van der Waals surface area contributed by atoms with Gasteiger partial charge < -0.3 is 10.5 Å². The van der Waals surface area contributed by atoms with Crippen molar-refractivity contribution >= 4 is 0 Å². The van der Waals surface area contributed by atoms with Crippen molar-refractivity contribution in [2.45, 2.75) is 19.3 Å². The van der Waals surface area contributed by atoms with Crippen LogP contribution in [0.25, 0.3) is 0 Å². The van der Waals surface area contributed by atoms with Gasteiger partial charge in [-0.05, 0) is 35.4 Å². The maximum absolute atomic E-state index is 13.0. The molecule has 0 aliphatic rings. The summed E-state index contributed by atoms with van der Waals surface area (Å²) in [4.78, 5) is 0. The molecule has 0 radical (unpaired) electrons. The van der Waals surface area contributed by atoms with Gasteiger partial charge in [0.2, 0.25) is 0 Å². The first-order valence-corrected chi connectivity index (χ1v) is 6.17. The largest absolute Gasteiger partial charge is 0.488 e. The van der Waals surface area contributed by atoms with E-state index >= 15 is 0 Å². The van der Waals surface area contributed by atoms with Crippen LogP contribution in [0.1, 0.15) is 16.7 Å². The number of hydrogen-bond acceptors (Lipinski definition) is 2. The zero-order chi connectivity index (χ0) is 15.5. The van der Waals surface area contributed by atoms with E-state index < -0.39 is 17.6 Å². The van der Waals surface area contributed by atoms with Gasteiger partial charge in [-0.25, -0.2) is 4.39 Å². The molecule has 2 aromatic carbocycles. The summed E-state index contributed by atoms with van der Waals surface area (Å²) < 4.78 is 56.9. The highest BCUT2D eigenvalue weighted by atomic mass is 19.4. The van der Waals surface area contributed by atoms with E-state index in [4.69, 9.17) is 10.5 Å². The van der Waals surface area contributed by atoms with Crippen LogP contribution in [0.4, 0.5) is 17.6 Å². The van der Waals surface area contributed by atoms with Crippen molar-refractivity contribution in [1.29, 1.82) is 0 Å². The molecule has 21 heavy (non-hydrogen) atoms. The lowest BCUT2D eigenvalue weighted by molar-refractivity contribution is -0.139. The van der Waals surface area contributed by atoms with Crippen LogP contribution in [0.2, 0.25) is 0 Å². The van der Waals surface area contributed by atoms with E-state index in [2.05, 4.69) is 0 Å². The molecule has 6 heteroatoms. The maximum atomic E-state index is 13.0. The second-order valence-electron chi connectivity index (χ2n) is 4.45. The molecule has 0 aliphatic carbocycles. The molecule has 0 saturated carbocycles. The molecule has 0 spiro atoms. The zero-order valence-corrected chi connectivity index (χ0v) is 11.0. The van der Waals surface area contributed by atoms with Crippen LogP contribution in [0.5, 0.6) is 5.75 Å². The topological polar surface area (TPSA) is 35.2 Å². The van der Waals surface area contributed by atoms with Gasteiger partial charge in [0, 0.05) is 6.54 Å². The molecule has 2 nitrogen and oxygen atoms in total. The Hall–Kier alpha value is -2.08. The van der Waals surface area contributed by atoms with Crippen molar-refractivity contribution in [1.82, 2.24) is 0 Å². The van der Waals surface area contributed by atoms with Crippen molar-refractivity contribution in [3.63, 3.8) is 0 Å². The minimum Gasteiger partial charge on any atom is -0.488 e. The number of rotatable bonds is 4. The van der Waals surface area contributed by atoms with Crippen LogP contribution in [0.3, 0.4) is 0 Å². The molecule has 0 saturated heterocycles. The molecule has 0 bridgehead atoms. The predicted octanol–water partition coefficient (Wildman–Crippen LogP) is 3.88. The van der Waals surface area contributed by atoms with Gasteiger partial charge in [-0.2, -0.15) is 13.2 Å². The lowest BCUT2D eigenvalue weighted by atomic mass is 10.1. The van der Waals surface area contributed by atoms with E-state index in [1.54, 1.807) is 0 Å². The summed E-state index contributed by atoms with van der Waals surface area (Å²) >= 11 is 0. The summed E-state index contributed by atoms with van der Waals surface area (Å²) in [6, 6.07) is 9.05. The number of ether oxygens (including phenoxy) is 1. The van der Waals surface area contributed by atoms with Gasteiger partial charge in [0.05, 0.1) is 5.56 Å². The molecule has 2 aromatic rings. The smallest absolute Gasteiger partial charge is 0.419 e. The third-order valence-corrected chi connectivity index (χ3v) is 2.89. The van der Waals surface area contributed by atoms with Crippen molar-refractivity contribution < 1.29 is 22.3 Å². The molecule has 0 heterocycles. The van der Waals surface area contributed by atoms with Crippen LogP contribution in [-0.2, 0) is 19.3 Å². The fourth-order valence-electron chi connectivity index (χ4n) is 1.79. The molecule has 0 amide bonds. The summed E-state index contributed by atoms with van der Waals surface area (Å²) in [6.45, 7) is -0.0628. The van der Waals surface area contributed by atoms with Crippen LogP contribution in [0, 0.1) is 5.82 Å². The predicted molar refractivity (Wildman–Crippen MR) is 70.1 cm³/mol. The average molecular weight is 299 g/mol. The second-order valence-corrected chi connectivity index (χ2v) is 4.45. The van der Waals surface area contributed by atoms with Crippen molar-refractivity contribution in [2.75, 3.05) is 0 Å². The van der Waals surface area contributed by atoms with Crippen molar-refractivity contribution in [3.05, 3.63) is 65.0 Å². The summed E-state index contributed by atoms with van der Waals surface area (Å²) in [7, 11) is 0. The molecule has 112 valence electrons. The highest BCUT2D eigenvalue weighted by molar-refractivity contribution is 5.39. The number of benzene rings is 2. The molecular weight excluding hydrogens is 286 g/mol. The average Bonchev–Trinajstić information content (AvgIpc) is 2.45. The summed E-state index contributed by atoms with van der Waals surface area (Å²) in [5.74, 6) is -0.689. The van der Waals surface area contributed by atoms with Gasteiger partial charge in [0.15, 0.2) is 0 Å². The van der Waals surface area contributed by atoms with Gasteiger partial charge >= 0.3 is 6.18 Å². The molecule has 0 aliphatic heterocycles. The van der Waals surface area contributed by atoms with Gasteiger partial charge in [0.25, 0.3) is 0 Å². The Kier molecular flexibility index (Phi) is 4.47. The van der Waals surface area contributed by atoms with E-state index in [0.717, 1.165) is 6.07 Å². The van der Waals surface area contributed by atoms with Gasteiger partial charge in [-0.3, -0.25) is 0 Å². The summed E-state index contributed by atoms with van der Waals surface area (Å²) in [5.41, 5.74) is 5.43. The Balaban J connectivity index is 2.21. The fraction of sp³-hybridized carbons (Fsp3) is 0.200. The van der Waals surface area contributed by atoms with Gasteiger partial charge in [-0.15, -0.1) is 0 Å². The first-order valence-electron chi connectivity index (χ1n) is 6.17. The standard InChI is InChI=1S/C15H13F4NO/c16-12-4-1-10(2-5-12)9-21-14-6-3-11(8-20)7-13(14)15(17,18)19/h1-7H,8-9,20H2. The maximum Gasteiger partial charge on any atom is 0.419 e. The number of halogens is 4. The Bertz CT molecular complexity index is 608. The molecule has 2 N–H and O–H groups in total. The Morgan fingerprint density at radius 3 is 2.14 bits per heavy atom. The highest BCUT2D eigenvalue weighted by Crippen LogP contribution is 2.37. The Morgan fingerprint density at radius 1 is 0.952 bits per heavy atom. The van der Waals surface area contributed by atoms with Crippen LogP contribution in [-0.4, -0.2) is 0 Å². The van der Waals surface area contributed by atoms with Crippen LogP contribution < -0.4 is 10.5 Å². The summed E-state index contributed by atoms with van der Waals surface area (Å²) in [5, 5.41) is 0. The zero-order valence-electron chi connectivity index (χ0n) is 11.0. The van der Waals surface area contributed by atoms with E-state index in [0.29, 0.717) is 11.1 Å². The van der Waals surface area contributed by atoms with E-state index in [-0.39, 0.29) is 18.9 Å². The minimum absolute atomic E-state index is 0.0152. The van der Waals surface area contributed by atoms with Crippen LogP contribution in [0.15, 0.2) is 42.5 Å². The third-order valence-electron chi connectivity index (χ3n) is 2.89. The Labute approximate surface area is 119 Å². The van der Waals surface area contributed by atoms with Gasteiger partial charge in [0.1, 0.15) is 18.2 Å². The SMILES string of the molecule is NCc1ccc(OCc2ccc(F)cc2)c(C(F)(F)F)c1. The lowest BCUT2D eigenvalue weighted by Gasteiger charge is -2.15. The highest BCUT2D eigenvalue weighted by Gasteiger charge is 2.34. The monoisotopic (exact) mass is 299 g/mol. The third kappa shape index (κ3) is 3.95. The van der Waals surface area contributed by atoms with E-state index in [1.807, 2.05) is 0 Å². The van der Waals surface area contributed by atoms with Crippen LogP contribution >= 0.6 is 0 Å². The van der Waals surface area contributed by atoms with E-state index in [9.17, 15) is 17.6 Å². The number of nitrogens with two attached hydrogens (primary N) is 1. The number of alkyl halides is 3. The molecule has 0 aromatic heterocycles. The first-order chi connectivity index (χ1) is 9.90. The molecular formula is C15H13F4NO. The summed E-state index contributed by atoms with van der Waals surface area (Å²) in [6.07, 6.45) is -4.52. The van der Waals surface area contributed by atoms with Crippen molar-refractivity contribution in [3.8, 4) is 5.75 Å². The minimum atomic E-state index is -4.52. The lowest BCUT2D eigenvalue weighted by Crippen LogP contribution is -2.10. The Morgan fingerprint density at radius 2 is 1.57 bits per heavy atom. The molecule has 2 rings (SSSR count). The first kappa shape index (κ1) is 15.3. The molecule has 0 unspecified atom stereocenters. The molecule has 0 fully saturated rings. The van der Waals surface area contributed by atoms with E-state index in [1.165, 1.54) is 36.4 Å². The molecule has 0 atom stereocenters. The quantitative estimate of drug-likeness (QED) is 0.870. The van der Waals surface area contributed by atoms with Crippen molar-refractivity contribution in [2.24, 2.45) is 5.73 Å². The fourth-order valence-corrected chi connectivity index (χ4v) is 1.79. The van der Waals surface area contributed by atoms with Gasteiger partial charge in [-0.1, -0.05) is 18.2 Å². The second kappa shape index (κ2) is 6.13.